The lowest BCUT2D eigenvalue weighted by atomic mass is 9.70. The molecule has 0 amide bonds. The molecule has 2 aliphatic rings. The fourth-order valence-electron chi connectivity index (χ4n) is 9.96. The van der Waals surface area contributed by atoms with Crippen molar-refractivity contribution < 1.29 is 4.42 Å². The number of aryl methyl sites for hydroxylation is 1. The fraction of sp³-hybridized carbons (Fsp3) is 0.0357. The molecule has 0 radical (unpaired) electrons. The first kappa shape index (κ1) is 32.8. The molecule has 1 heterocycles. The molecule has 272 valence electrons. The van der Waals surface area contributed by atoms with Gasteiger partial charge in [-0.05, 0) is 117 Å². The topological polar surface area (TPSA) is 16.4 Å². The summed E-state index contributed by atoms with van der Waals surface area (Å²) in [5.41, 5.74) is 20.8. The molecule has 10 aromatic rings. The molecule has 0 fully saturated rings. The van der Waals surface area contributed by atoms with E-state index >= 15 is 0 Å². The standard InChI is InChI=1S/C56H37NO/c1-36-20-22-38(23-21-36)39-24-27-42(28-25-39)57(41-14-6-3-7-15-41)43-29-31-45-44-30-26-40(37-12-4-2-5-13-37)34-51(44)56(52(45)35-43)49-18-10-8-17-48(49)54-50(56)33-32-47-46-16-9-11-19-53(46)58-55(47)54/h2-35H,1H3. The Hall–Kier alpha value is -7.42. The van der Waals surface area contributed by atoms with Crippen LogP contribution >= 0.6 is 0 Å². The third-order valence-corrected chi connectivity index (χ3v) is 12.6. The highest BCUT2D eigenvalue weighted by Crippen LogP contribution is 2.65. The Morgan fingerprint density at radius 2 is 0.966 bits per heavy atom. The summed E-state index contributed by atoms with van der Waals surface area (Å²) in [7, 11) is 0. The monoisotopic (exact) mass is 739 g/mol. The smallest absolute Gasteiger partial charge is 0.143 e. The number of furan rings is 1. The van der Waals surface area contributed by atoms with E-state index in [0.29, 0.717) is 0 Å². The zero-order valence-electron chi connectivity index (χ0n) is 32.0. The number of benzene rings is 9. The summed E-state index contributed by atoms with van der Waals surface area (Å²) in [5.74, 6) is 0. The summed E-state index contributed by atoms with van der Waals surface area (Å²) in [6.45, 7) is 2.13. The van der Waals surface area contributed by atoms with Crippen LogP contribution < -0.4 is 4.90 Å². The van der Waals surface area contributed by atoms with E-state index in [9.17, 15) is 0 Å². The van der Waals surface area contributed by atoms with E-state index in [-0.39, 0.29) is 0 Å². The maximum Gasteiger partial charge on any atom is 0.143 e. The summed E-state index contributed by atoms with van der Waals surface area (Å²) in [5, 5.41) is 2.29. The Morgan fingerprint density at radius 3 is 1.76 bits per heavy atom. The van der Waals surface area contributed by atoms with Crippen molar-refractivity contribution in [2.45, 2.75) is 12.3 Å². The van der Waals surface area contributed by atoms with Gasteiger partial charge >= 0.3 is 0 Å². The molecular formula is C56H37NO. The first-order valence-electron chi connectivity index (χ1n) is 20.1. The minimum Gasteiger partial charge on any atom is -0.455 e. The molecule has 1 aromatic heterocycles. The molecular weight excluding hydrogens is 703 g/mol. The molecule has 1 spiro atoms. The van der Waals surface area contributed by atoms with Crippen LogP contribution in [0.5, 0.6) is 0 Å². The molecule has 2 heteroatoms. The zero-order valence-corrected chi connectivity index (χ0v) is 32.0. The van der Waals surface area contributed by atoms with Gasteiger partial charge in [-0.3, -0.25) is 0 Å². The summed E-state index contributed by atoms with van der Waals surface area (Å²) in [4.78, 5) is 2.40. The number of para-hydroxylation sites is 2. The Kier molecular flexibility index (Phi) is 7.09. The van der Waals surface area contributed by atoms with Crippen LogP contribution in [0.3, 0.4) is 0 Å². The Balaban J connectivity index is 1.13. The van der Waals surface area contributed by atoms with E-state index in [1.165, 1.54) is 72.3 Å². The Labute approximate surface area is 337 Å². The van der Waals surface area contributed by atoms with E-state index in [1.54, 1.807) is 0 Å². The van der Waals surface area contributed by atoms with Crippen LogP contribution in [-0.2, 0) is 5.41 Å². The minimum absolute atomic E-state index is 0.581. The number of nitrogens with zero attached hydrogens (tertiary/aromatic N) is 1. The van der Waals surface area contributed by atoms with Gasteiger partial charge in [0.1, 0.15) is 11.2 Å². The van der Waals surface area contributed by atoms with Gasteiger partial charge in [-0.15, -0.1) is 0 Å². The van der Waals surface area contributed by atoms with Crippen LogP contribution in [0.1, 0.15) is 27.8 Å². The molecule has 1 unspecified atom stereocenters. The Morgan fingerprint density at radius 1 is 0.379 bits per heavy atom. The maximum absolute atomic E-state index is 6.84. The lowest BCUT2D eigenvalue weighted by molar-refractivity contribution is 0.669. The predicted octanol–water partition coefficient (Wildman–Crippen LogP) is 15.0. The average Bonchev–Trinajstić information content (AvgIpc) is 3.91. The molecule has 12 rings (SSSR count). The van der Waals surface area contributed by atoms with Gasteiger partial charge in [-0.25, -0.2) is 0 Å². The van der Waals surface area contributed by atoms with Crippen molar-refractivity contribution in [3.8, 4) is 44.5 Å². The number of hydrogen-bond donors (Lipinski definition) is 0. The average molecular weight is 740 g/mol. The van der Waals surface area contributed by atoms with E-state index in [4.69, 9.17) is 4.42 Å². The first-order chi connectivity index (χ1) is 28.7. The van der Waals surface area contributed by atoms with E-state index in [0.717, 1.165) is 39.0 Å². The molecule has 9 aromatic carbocycles. The highest BCUT2D eigenvalue weighted by molar-refractivity contribution is 6.13. The molecule has 1 atom stereocenters. The quantitative estimate of drug-likeness (QED) is 0.175. The SMILES string of the molecule is Cc1ccc(-c2ccc(N(c3ccccc3)c3ccc4c(c3)C3(c5cc(-c6ccccc6)ccc5-4)c4ccccc4-c4c3ccc3c4oc4ccccc43)cc2)cc1. The third kappa shape index (κ3) is 4.66. The van der Waals surface area contributed by atoms with Crippen molar-refractivity contribution in [3.63, 3.8) is 0 Å². The molecule has 0 saturated heterocycles. The highest BCUT2D eigenvalue weighted by atomic mass is 16.3. The summed E-state index contributed by atoms with van der Waals surface area (Å²) >= 11 is 0. The minimum atomic E-state index is -0.581. The molecule has 0 bridgehead atoms. The molecule has 2 nitrogen and oxygen atoms in total. The summed E-state index contributed by atoms with van der Waals surface area (Å²) < 4.78 is 6.84. The van der Waals surface area contributed by atoms with Crippen LogP contribution in [0.2, 0.25) is 0 Å². The van der Waals surface area contributed by atoms with E-state index in [2.05, 4.69) is 218 Å². The fourth-order valence-corrected chi connectivity index (χ4v) is 9.96. The van der Waals surface area contributed by atoms with Crippen LogP contribution in [0.15, 0.2) is 211 Å². The normalized spacial score (nSPS) is 14.7. The maximum atomic E-state index is 6.84. The summed E-state index contributed by atoms with van der Waals surface area (Å²) in [6.07, 6.45) is 0. The van der Waals surface area contributed by atoms with Crippen molar-refractivity contribution in [1.29, 1.82) is 0 Å². The third-order valence-electron chi connectivity index (χ3n) is 12.6. The molecule has 0 saturated carbocycles. The molecule has 2 aliphatic carbocycles. The largest absolute Gasteiger partial charge is 0.455 e. The van der Waals surface area contributed by atoms with Gasteiger partial charge in [0.2, 0.25) is 0 Å². The van der Waals surface area contributed by atoms with Crippen LogP contribution in [0.4, 0.5) is 17.1 Å². The second-order valence-electron chi connectivity index (χ2n) is 15.7. The van der Waals surface area contributed by atoms with E-state index < -0.39 is 5.41 Å². The number of fused-ring (bicyclic) bond motifs is 14. The van der Waals surface area contributed by atoms with Crippen LogP contribution in [0, 0.1) is 6.92 Å². The molecule has 0 N–H and O–H groups in total. The van der Waals surface area contributed by atoms with Crippen LogP contribution in [0.25, 0.3) is 66.4 Å². The van der Waals surface area contributed by atoms with Gasteiger partial charge in [-0.2, -0.15) is 0 Å². The number of hydrogen-bond acceptors (Lipinski definition) is 2. The summed E-state index contributed by atoms with van der Waals surface area (Å²) in [6, 6.07) is 75.6. The van der Waals surface area contributed by atoms with E-state index in [1.807, 2.05) is 0 Å². The van der Waals surface area contributed by atoms with Crippen molar-refractivity contribution in [2.75, 3.05) is 4.90 Å². The van der Waals surface area contributed by atoms with Crippen molar-refractivity contribution >= 4 is 39.0 Å². The van der Waals surface area contributed by atoms with Crippen molar-refractivity contribution in [3.05, 3.63) is 234 Å². The molecule has 58 heavy (non-hydrogen) atoms. The van der Waals surface area contributed by atoms with Gasteiger partial charge in [0.05, 0.1) is 5.41 Å². The number of rotatable bonds is 5. The lowest BCUT2D eigenvalue weighted by Crippen LogP contribution is -2.26. The van der Waals surface area contributed by atoms with Gasteiger partial charge in [0.25, 0.3) is 0 Å². The lowest BCUT2D eigenvalue weighted by Gasteiger charge is -2.32. The van der Waals surface area contributed by atoms with Gasteiger partial charge in [-0.1, -0.05) is 163 Å². The number of anilines is 3. The van der Waals surface area contributed by atoms with Gasteiger partial charge in [0, 0.05) is 33.4 Å². The van der Waals surface area contributed by atoms with Crippen molar-refractivity contribution in [1.82, 2.24) is 0 Å². The second kappa shape index (κ2) is 12.5. The first-order valence-corrected chi connectivity index (χ1v) is 20.1. The van der Waals surface area contributed by atoms with Gasteiger partial charge < -0.3 is 9.32 Å². The second-order valence-corrected chi connectivity index (χ2v) is 15.7. The zero-order chi connectivity index (χ0) is 38.4. The van der Waals surface area contributed by atoms with Gasteiger partial charge in [0.15, 0.2) is 0 Å². The highest BCUT2D eigenvalue weighted by Gasteiger charge is 2.53. The predicted molar refractivity (Wildman–Crippen MR) is 240 cm³/mol. The molecule has 0 aliphatic heterocycles. The van der Waals surface area contributed by atoms with Crippen LogP contribution in [-0.4, -0.2) is 0 Å². The van der Waals surface area contributed by atoms with Crippen molar-refractivity contribution in [2.24, 2.45) is 0 Å². The Bertz CT molecular complexity index is 3210.